The minimum Gasteiger partial charge on any atom is -0.399 e. The van der Waals surface area contributed by atoms with Crippen molar-refractivity contribution in [1.82, 2.24) is 4.98 Å². The predicted molar refractivity (Wildman–Crippen MR) is 53.4 cm³/mol. The lowest BCUT2D eigenvalue weighted by molar-refractivity contribution is 0.182. The molecule has 3 heteroatoms. The molecule has 13 heavy (non-hydrogen) atoms. The van der Waals surface area contributed by atoms with Crippen molar-refractivity contribution in [3.05, 3.63) is 30.0 Å². The number of hydrogen-bond acceptors (Lipinski definition) is 2. The molecule has 0 amide bonds. The van der Waals surface area contributed by atoms with Crippen LogP contribution in [0.5, 0.6) is 0 Å². The van der Waals surface area contributed by atoms with E-state index in [0.717, 1.165) is 22.3 Å². The number of H-pyrrole nitrogens is 1. The molecule has 0 aliphatic carbocycles. The SMILES string of the molecule is COCc1cc2cc(N)ccc2[nH]1. The van der Waals surface area contributed by atoms with Gasteiger partial charge in [-0.25, -0.2) is 0 Å². The zero-order valence-electron chi connectivity index (χ0n) is 7.50. The summed E-state index contributed by atoms with van der Waals surface area (Å²) < 4.78 is 5.03. The Kier molecular flexibility index (Phi) is 1.94. The Hall–Kier alpha value is -1.48. The van der Waals surface area contributed by atoms with Crippen LogP contribution in [-0.4, -0.2) is 12.1 Å². The third-order valence-electron chi connectivity index (χ3n) is 2.00. The largest absolute Gasteiger partial charge is 0.399 e. The van der Waals surface area contributed by atoms with Crippen LogP contribution < -0.4 is 5.73 Å². The van der Waals surface area contributed by atoms with Crippen LogP contribution in [0.4, 0.5) is 5.69 Å². The van der Waals surface area contributed by atoms with E-state index in [4.69, 9.17) is 10.5 Å². The zero-order valence-corrected chi connectivity index (χ0v) is 7.50. The summed E-state index contributed by atoms with van der Waals surface area (Å²) in [6, 6.07) is 7.86. The van der Waals surface area contributed by atoms with Crippen LogP contribution in [0.3, 0.4) is 0 Å². The number of benzene rings is 1. The number of rotatable bonds is 2. The first-order valence-corrected chi connectivity index (χ1v) is 4.15. The summed E-state index contributed by atoms with van der Waals surface area (Å²) in [5.74, 6) is 0. The van der Waals surface area contributed by atoms with Crippen molar-refractivity contribution in [2.75, 3.05) is 12.8 Å². The van der Waals surface area contributed by atoms with Crippen molar-refractivity contribution in [3.8, 4) is 0 Å². The van der Waals surface area contributed by atoms with Crippen LogP contribution in [0, 0.1) is 0 Å². The van der Waals surface area contributed by atoms with E-state index < -0.39 is 0 Å². The molecule has 0 atom stereocenters. The fourth-order valence-corrected chi connectivity index (χ4v) is 1.44. The quantitative estimate of drug-likeness (QED) is 0.686. The summed E-state index contributed by atoms with van der Waals surface area (Å²) in [7, 11) is 1.68. The van der Waals surface area contributed by atoms with E-state index in [1.54, 1.807) is 7.11 Å². The Morgan fingerprint density at radius 3 is 3.00 bits per heavy atom. The molecule has 0 saturated heterocycles. The number of anilines is 1. The molecule has 1 aromatic heterocycles. The number of hydrogen-bond donors (Lipinski definition) is 2. The first kappa shape index (κ1) is 8.13. The van der Waals surface area contributed by atoms with Crippen molar-refractivity contribution in [1.29, 1.82) is 0 Å². The molecule has 0 aliphatic rings. The van der Waals surface area contributed by atoms with Crippen molar-refractivity contribution >= 4 is 16.6 Å². The van der Waals surface area contributed by atoms with Gasteiger partial charge in [0.15, 0.2) is 0 Å². The number of aromatic nitrogens is 1. The fraction of sp³-hybridized carbons (Fsp3) is 0.200. The molecular formula is C10H12N2O. The highest BCUT2D eigenvalue weighted by molar-refractivity contribution is 5.83. The molecule has 1 heterocycles. The minimum atomic E-state index is 0.606. The van der Waals surface area contributed by atoms with Crippen molar-refractivity contribution < 1.29 is 4.74 Å². The lowest BCUT2D eigenvalue weighted by Gasteiger charge is -1.91. The van der Waals surface area contributed by atoms with E-state index in [1.807, 2.05) is 18.2 Å². The monoisotopic (exact) mass is 176 g/mol. The van der Waals surface area contributed by atoms with Gasteiger partial charge < -0.3 is 15.5 Å². The van der Waals surface area contributed by atoms with Gasteiger partial charge in [-0.15, -0.1) is 0 Å². The second-order valence-electron chi connectivity index (χ2n) is 3.07. The topological polar surface area (TPSA) is 51.0 Å². The van der Waals surface area contributed by atoms with Crippen LogP contribution in [0.2, 0.25) is 0 Å². The Labute approximate surface area is 76.5 Å². The maximum absolute atomic E-state index is 5.66. The number of aromatic amines is 1. The average molecular weight is 176 g/mol. The molecule has 0 fully saturated rings. The van der Waals surface area contributed by atoms with Crippen molar-refractivity contribution in [2.24, 2.45) is 0 Å². The van der Waals surface area contributed by atoms with Gasteiger partial charge in [0.1, 0.15) is 0 Å². The number of ether oxygens (including phenoxy) is 1. The molecule has 0 unspecified atom stereocenters. The van der Waals surface area contributed by atoms with Gasteiger partial charge in [-0.05, 0) is 24.3 Å². The van der Waals surface area contributed by atoms with Crippen LogP contribution in [0.1, 0.15) is 5.69 Å². The molecule has 2 rings (SSSR count). The number of fused-ring (bicyclic) bond motifs is 1. The number of nitrogen functional groups attached to an aromatic ring is 1. The Morgan fingerprint density at radius 1 is 1.38 bits per heavy atom. The van der Waals surface area contributed by atoms with E-state index in [1.165, 1.54) is 0 Å². The second-order valence-corrected chi connectivity index (χ2v) is 3.07. The van der Waals surface area contributed by atoms with Gasteiger partial charge in [-0.2, -0.15) is 0 Å². The summed E-state index contributed by atoms with van der Waals surface area (Å²) >= 11 is 0. The standard InChI is InChI=1S/C10H12N2O/c1-13-6-9-5-7-4-8(11)2-3-10(7)12-9/h2-5,12H,6,11H2,1H3. The van der Waals surface area contributed by atoms with Crippen LogP contribution in [0.25, 0.3) is 10.9 Å². The number of nitrogens with one attached hydrogen (secondary N) is 1. The summed E-state index contributed by atoms with van der Waals surface area (Å²) in [5, 5.41) is 1.13. The Morgan fingerprint density at radius 2 is 2.23 bits per heavy atom. The Balaban J connectivity index is 2.49. The molecule has 3 N–H and O–H groups in total. The second kappa shape index (κ2) is 3.11. The molecule has 68 valence electrons. The third-order valence-corrected chi connectivity index (χ3v) is 2.00. The summed E-state index contributed by atoms with van der Waals surface area (Å²) in [6.45, 7) is 0.606. The van der Waals surface area contributed by atoms with Gasteiger partial charge in [-0.3, -0.25) is 0 Å². The van der Waals surface area contributed by atoms with Gasteiger partial charge in [0.05, 0.1) is 6.61 Å². The van der Waals surface area contributed by atoms with Crippen LogP contribution >= 0.6 is 0 Å². The molecular weight excluding hydrogens is 164 g/mol. The number of methoxy groups -OCH3 is 1. The molecule has 2 aromatic rings. The molecule has 0 bridgehead atoms. The normalized spacial score (nSPS) is 10.8. The third kappa shape index (κ3) is 1.51. The van der Waals surface area contributed by atoms with E-state index in [9.17, 15) is 0 Å². The first-order chi connectivity index (χ1) is 6.29. The highest BCUT2D eigenvalue weighted by Gasteiger charge is 1.99. The van der Waals surface area contributed by atoms with Gasteiger partial charge in [0.25, 0.3) is 0 Å². The van der Waals surface area contributed by atoms with E-state index >= 15 is 0 Å². The molecule has 0 saturated carbocycles. The Bertz CT molecular complexity index is 420. The lowest BCUT2D eigenvalue weighted by atomic mass is 10.2. The van der Waals surface area contributed by atoms with Gasteiger partial charge in [-0.1, -0.05) is 0 Å². The predicted octanol–water partition coefficient (Wildman–Crippen LogP) is 1.90. The lowest BCUT2D eigenvalue weighted by Crippen LogP contribution is -1.85. The molecule has 1 aromatic carbocycles. The number of nitrogens with two attached hydrogens (primary N) is 1. The van der Waals surface area contributed by atoms with Crippen molar-refractivity contribution in [3.63, 3.8) is 0 Å². The first-order valence-electron chi connectivity index (χ1n) is 4.15. The summed E-state index contributed by atoms with van der Waals surface area (Å²) in [6.07, 6.45) is 0. The fourth-order valence-electron chi connectivity index (χ4n) is 1.44. The summed E-state index contributed by atoms with van der Waals surface area (Å²) in [5.41, 5.74) is 8.62. The zero-order chi connectivity index (χ0) is 9.26. The van der Waals surface area contributed by atoms with Gasteiger partial charge in [0, 0.05) is 29.4 Å². The van der Waals surface area contributed by atoms with Gasteiger partial charge >= 0.3 is 0 Å². The maximum Gasteiger partial charge on any atom is 0.0862 e. The highest BCUT2D eigenvalue weighted by Crippen LogP contribution is 2.18. The van der Waals surface area contributed by atoms with Crippen LogP contribution in [-0.2, 0) is 11.3 Å². The van der Waals surface area contributed by atoms with E-state index in [-0.39, 0.29) is 0 Å². The average Bonchev–Trinajstić information content (AvgIpc) is 2.46. The van der Waals surface area contributed by atoms with E-state index in [2.05, 4.69) is 11.1 Å². The van der Waals surface area contributed by atoms with Crippen molar-refractivity contribution in [2.45, 2.75) is 6.61 Å². The summed E-state index contributed by atoms with van der Waals surface area (Å²) in [4.78, 5) is 3.24. The van der Waals surface area contributed by atoms with Gasteiger partial charge in [0.2, 0.25) is 0 Å². The smallest absolute Gasteiger partial charge is 0.0862 e. The molecule has 0 spiro atoms. The van der Waals surface area contributed by atoms with E-state index in [0.29, 0.717) is 6.61 Å². The minimum absolute atomic E-state index is 0.606. The molecule has 3 nitrogen and oxygen atoms in total. The highest BCUT2D eigenvalue weighted by atomic mass is 16.5. The maximum atomic E-state index is 5.66. The van der Waals surface area contributed by atoms with Crippen LogP contribution in [0.15, 0.2) is 24.3 Å². The molecule has 0 radical (unpaired) electrons. The molecule has 0 aliphatic heterocycles.